The molecule has 136 valence electrons. The van der Waals surface area contributed by atoms with Gasteiger partial charge in [0.15, 0.2) is 11.5 Å². The molecule has 0 radical (unpaired) electrons. The third-order valence-electron chi connectivity index (χ3n) is 3.60. The summed E-state index contributed by atoms with van der Waals surface area (Å²) in [4.78, 5) is 23.8. The number of fused-ring (bicyclic) bond motifs is 1. The van der Waals surface area contributed by atoms with Gasteiger partial charge in [-0.05, 0) is 36.4 Å². The maximum Gasteiger partial charge on any atom is 0.325 e. The molecule has 1 aliphatic rings. The van der Waals surface area contributed by atoms with Crippen LogP contribution >= 0.6 is 27.5 Å². The predicted molar refractivity (Wildman–Crippen MR) is 98.7 cm³/mol. The molecular formula is C18H15BrClNO5. The highest BCUT2D eigenvalue weighted by Crippen LogP contribution is 2.35. The van der Waals surface area contributed by atoms with Gasteiger partial charge in [0.2, 0.25) is 0 Å². The van der Waals surface area contributed by atoms with E-state index in [4.69, 9.17) is 25.8 Å². The highest BCUT2D eigenvalue weighted by molar-refractivity contribution is 9.10. The number of carbonyl (C=O) groups excluding carboxylic acids is 2. The summed E-state index contributed by atoms with van der Waals surface area (Å²) in [5.41, 5.74) is 1.16. The van der Waals surface area contributed by atoms with Crippen LogP contribution < -0.4 is 14.8 Å². The van der Waals surface area contributed by atoms with E-state index in [1.807, 2.05) is 0 Å². The summed E-state index contributed by atoms with van der Waals surface area (Å²) >= 11 is 9.19. The van der Waals surface area contributed by atoms with Crippen LogP contribution in [0.1, 0.15) is 15.9 Å². The molecule has 1 amide bonds. The van der Waals surface area contributed by atoms with Crippen LogP contribution in [0, 0.1) is 0 Å². The predicted octanol–water partition coefficient (Wildman–Crippen LogP) is 3.35. The van der Waals surface area contributed by atoms with Crippen LogP contribution in [0.2, 0.25) is 5.02 Å². The second kappa shape index (κ2) is 8.42. The van der Waals surface area contributed by atoms with Crippen LogP contribution in [-0.2, 0) is 16.1 Å². The quantitative estimate of drug-likeness (QED) is 0.722. The van der Waals surface area contributed by atoms with Gasteiger partial charge in [0.05, 0.1) is 0 Å². The Labute approximate surface area is 163 Å². The second-order valence-electron chi connectivity index (χ2n) is 5.44. The molecule has 8 heteroatoms. The van der Waals surface area contributed by atoms with Crippen molar-refractivity contribution < 1.29 is 23.8 Å². The average molecular weight is 441 g/mol. The minimum atomic E-state index is -0.547. The molecule has 0 unspecified atom stereocenters. The summed E-state index contributed by atoms with van der Waals surface area (Å²) < 4.78 is 16.9. The van der Waals surface area contributed by atoms with Crippen molar-refractivity contribution >= 4 is 39.4 Å². The van der Waals surface area contributed by atoms with Crippen LogP contribution in [0.15, 0.2) is 40.9 Å². The molecule has 3 rings (SSSR count). The fourth-order valence-electron chi connectivity index (χ4n) is 2.28. The van der Waals surface area contributed by atoms with Crippen LogP contribution in [-0.4, -0.2) is 31.6 Å². The maximum atomic E-state index is 11.9. The van der Waals surface area contributed by atoms with Gasteiger partial charge in [-0.15, -0.1) is 0 Å². The lowest BCUT2D eigenvalue weighted by atomic mass is 10.2. The molecule has 0 saturated carbocycles. The van der Waals surface area contributed by atoms with Gasteiger partial charge in [-0.2, -0.15) is 0 Å². The number of carbonyl (C=O) groups is 2. The Balaban J connectivity index is 1.51. The van der Waals surface area contributed by atoms with Crippen molar-refractivity contribution in [3.05, 3.63) is 57.0 Å². The van der Waals surface area contributed by atoms with E-state index >= 15 is 0 Å². The summed E-state index contributed by atoms with van der Waals surface area (Å²) in [6.45, 7) is 0.794. The summed E-state index contributed by atoms with van der Waals surface area (Å²) in [6, 6.07) is 9.91. The number of ether oxygens (including phenoxy) is 3. The number of benzene rings is 2. The highest BCUT2D eigenvalue weighted by atomic mass is 79.9. The molecule has 0 aliphatic carbocycles. The zero-order chi connectivity index (χ0) is 18.5. The Bertz CT molecular complexity index is 825. The third kappa shape index (κ3) is 4.68. The van der Waals surface area contributed by atoms with Crippen molar-refractivity contribution in [1.29, 1.82) is 0 Å². The first-order valence-corrected chi connectivity index (χ1v) is 8.97. The molecule has 26 heavy (non-hydrogen) atoms. The Morgan fingerprint density at radius 3 is 2.46 bits per heavy atom. The van der Waals surface area contributed by atoms with Crippen LogP contribution in [0.25, 0.3) is 0 Å². The van der Waals surface area contributed by atoms with E-state index < -0.39 is 5.97 Å². The molecule has 0 spiro atoms. The molecule has 6 nitrogen and oxygen atoms in total. The largest absolute Gasteiger partial charge is 0.486 e. The van der Waals surface area contributed by atoms with Gasteiger partial charge in [-0.1, -0.05) is 27.5 Å². The Morgan fingerprint density at radius 1 is 1.12 bits per heavy atom. The van der Waals surface area contributed by atoms with Crippen LogP contribution in [0.3, 0.4) is 0 Å². The van der Waals surface area contributed by atoms with Gasteiger partial charge >= 0.3 is 5.97 Å². The van der Waals surface area contributed by atoms with Crippen molar-refractivity contribution in [2.75, 3.05) is 19.8 Å². The van der Waals surface area contributed by atoms with Crippen molar-refractivity contribution in [2.24, 2.45) is 0 Å². The van der Waals surface area contributed by atoms with Gasteiger partial charge in [0, 0.05) is 20.6 Å². The standard InChI is InChI=1S/C18H15BrClNO5/c19-14-8-16-15(24-5-6-25-16)7-12(14)10-26-17(22)9-21-18(23)11-1-3-13(20)4-2-11/h1-4,7-8H,5-6,9-10H2,(H,21,23). The van der Waals surface area contributed by atoms with E-state index in [1.165, 1.54) is 0 Å². The fourth-order valence-corrected chi connectivity index (χ4v) is 2.84. The molecule has 1 heterocycles. The lowest BCUT2D eigenvalue weighted by molar-refractivity contribution is -0.143. The number of amides is 1. The van der Waals surface area contributed by atoms with Crippen LogP contribution in [0.5, 0.6) is 11.5 Å². The lowest BCUT2D eigenvalue weighted by Crippen LogP contribution is -2.30. The first kappa shape index (κ1) is 18.5. The summed E-state index contributed by atoms with van der Waals surface area (Å²) in [7, 11) is 0. The Hall–Kier alpha value is -2.25. The summed E-state index contributed by atoms with van der Waals surface area (Å²) in [5, 5.41) is 3.04. The van der Waals surface area contributed by atoms with E-state index in [1.54, 1.807) is 36.4 Å². The van der Waals surface area contributed by atoms with Crippen molar-refractivity contribution in [2.45, 2.75) is 6.61 Å². The van der Waals surface area contributed by atoms with Crippen molar-refractivity contribution in [1.82, 2.24) is 5.32 Å². The van der Waals surface area contributed by atoms with Gasteiger partial charge in [0.25, 0.3) is 5.91 Å². The Morgan fingerprint density at radius 2 is 1.77 bits per heavy atom. The molecule has 2 aromatic carbocycles. The first-order chi connectivity index (χ1) is 12.5. The molecule has 0 aromatic heterocycles. The lowest BCUT2D eigenvalue weighted by Gasteiger charge is -2.19. The summed E-state index contributed by atoms with van der Waals surface area (Å²) in [5.74, 6) is 0.336. The molecule has 1 N–H and O–H groups in total. The number of hydrogen-bond donors (Lipinski definition) is 1. The molecule has 1 aliphatic heterocycles. The van der Waals surface area contributed by atoms with Crippen LogP contribution in [0.4, 0.5) is 0 Å². The summed E-state index contributed by atoms with van der Waals surface area (Å²) in [6.07, 6.45) is 0. The molecular weight excluding hydrogens is 426 g/mol. The monoisotopic (exact) mass is 439 g/mol. The maximum absolute atomic E-state index is 11.9. The fraction of sp³-hybridized carbons (Fsp3) is 0.222. The molecule has 0 atom stereocenters. The molecule has 0 fully saturated rings. The smallest absolute Gasteiger partial charge is 0.325 e. The van der Waals surface area contributed by atoms with E-state index in [2.05, 4.69) is 21.2 Å². The zero-order valence-corrected chi connectivity index (χ0v) is 15.9. The normalized spacial score (nSPS) is 12.4. The Kier molecular flexibility index (Phi) is 6.00. The highest BCUT2D eigenvalue weighted by Gasteiger charge is 2.16. The van der Waals surface area contributed by atoms with Crippen molar-refractivity contribution in [3.63, 3.8) is 0 Å². The first-order valence-electron chi connectivity index (χ1n) is 7.80. The molecule has 0 bridgehead atoms. The topological polar surface area (TPSA) is 73.9 Å². The molecule has 0 saturated heterocycles. The van der Waals surface area contributed by atoms with Gasteiger partial charge in [-0.25, -0.2) is 0 Å². The number of esters is 1. The zero-order valence-electron chi connectivity index (χ0n) is 13.6. The minimum Gasteiger partial charge on any atom is -0.486 e. The SMILES string of the molecule is O=C(CNC(=O)c1ccc(Cl)cc1)OCc1cc2c(cc1Br)OCCO2. The second-order valence-corrected chi connectivity index (χ2v) is 6.73. The van der Waals surface area contributed by atoms with E-state index in [9.17, 15) is 9.59 Å². The van der Waals surface area contributed by atoms with Gasteiger partial charge in [-0.3, -0.25) is 9.59 Å². The number of halogens is 2. The number of rotatable bonds is 5. The van der Waals surface area contributed by atoms with E-state index in [0.717, 1.165) is 10.0 Å². The average Bonchev–Trinajstić information content (AvgIpc) is 2.65. The number of nitrogens with one attached hydrogen (secondary N) is 1. The van der Waals surface area contributed by atoms with E-state index in [-0.39, 0.29) is 19.1 Å². The number of hydrogen-bond acceptors (Lipinski definition) is 5. The minimum absolute atomic E-state index is 0.0485. The van der Waals surface area contributed by atoms with Gasteiger partial charge in [0.1, 0.15) is 26.4 Å². The molecule has 2 aromatic rings. The third-order valence-corrected chi connectivity index (χ3v) is 4.59. The van der Waals surface area contributed by atoms with Crippen molar-refractivity contribution in [3.8, 4) is 11.5 Å². The van der Waals surface area contributed by atoms with Gasteiger partial charge < -0.3 is 19.5 Å². The van der Waals surface area contributed by atoms with E-state index in [0.29, 0.717) is 35.3 Å².